The summed E-state index contributed by atoms with van der Waals surface area (Å²) in [5.74, 6) is -0.0370. The summed E-state index contributed by atoms with van der Waals surface area (Å²) in [6.07, 6.45) is 2.55. The van der Waals surface area contributed by atoms with Crippen molar-refractivity contribution >= 4 is 46.6 Å². The molecule has 0 aliphatic heterocycles. The number of anilines is 3. The highest BCUT2D eigenvalue weighted by Crippen LogP contribution is 2.29. The Morgan fingerprint density at radius 3 is 2.36 bits per heavy atom. The normalized spacial score (nSPS) is 10.2. The van der Waals surface area contributed by atoms with Gasteiger partial charge in [-0.2, -0.15) is 4.98 Å². The summed E-state index contributed by atoms with van der Waals surface area (Å²) >= 11 is 6.22. The third-order valence-electron chi connectivity index (χ3n) is 5.49. The molecule has 0 spiro atoms. The molecule has 12 nitrogen and oxygen atoms in total. The van der Waals surface area contributed by atoms with Gasteiger partial charge in [0.2, 0.25) is 17.7 Å². The van der Waals surface area contributed by atoms with E-state index >= 15 is 0 Å². The van der Waals surface area contributed by atoms with Crippen LogP contribution in [0.4, 0.5) is 17.3 Å². The highest BCUT2D eigenvalue weighted by Gasteiger charge is 2.11. The summed E-state index contributed by atoms with van der Waals surface area (Å²) in [6.45, 7) is 3.89. The summed E-state index contributed by atoms with van der Waals surface area (Å²) in [4.78, 5) is 43.9. The lowest BCUT2D eigenvalue weighted by Crippen LogP contribution is -2.28. The van der Waals surface area contributed by atoms with Crippen molar-refractivity contribution in [1.82, 2.24) is 20.8 Å². The quantitative estimate of drug-likeness (QED) is 0.0681. The van der Waals surface area contributed by atoms with Crippen molar-refractivity contribution in [2.45, 2.75) is 0 Å². The Kier molecular flexibility index (Phi) is 10.0. The van der Waals surface area contributed by atoms with Gasteiger partial charge < -0.3 is 25.4 Å². The van der Waals surface area contributed by atoms with E-state index in [4.69, 9.17) is 26.3 Å². The van der Waals surface area contributed by atoms with Crippen LogP contribution in [0.1, 0.15) is 20.7 Å². The molecule has 0 radical (unpaired) electrons. The van der Waals surface area contributed by atoms with E-state index in [2.05, 4.69) is 32.5 Å². The van der Waals surface area contributed by atoms with E-state index in [-0.39, 0.29) is 47.4 Å². The summed E-state index contributed by atoms with van der Waals surface area (Å²) in [5.41, 5.74) is 3.41. The third kappa shape index (κ3) is 8.27. The smallest absolute Gasteiger partial charge is 0.274 e. The van der Waals surface area contributed by atoms with Crippen LogP contribution < -0.4 is 30.9 Å². The molecule has 1 heterocycles. The van der Waals surface area contributed by atoms with Gasteiger partial charge in [0.15, 0.2) is 0 Å². The Labute approximate surface area is 245 Å². The van der Waals surface area contributed by atoms with Crippen molar-refractivity contribution in [1.29, 1.82) is 0 Å². The molecule has 0 saturated carbocycles. The van der Waals surface area contributed by atoms with Crippen LogP contribution in [-0.4, -0.2) is 46.0 Å². The van der Waals surface area contributed by atoms with E-state index in [1.165, 1.54) is 18.3 Å². The molecule has 4 rings (SSSR count). The van der Waals surface area contributed by atoms with Crippen LogP contribution in [0.25, 0.3) is 0 Å². The number of nitrogens with one attached hydrogen (secondary N) is 4. The first kappa shape index (κ1) is 29.5. The summed E-state index contributed by atoms with van der Waals surface area (Å²) in [7, 11) is 0. The molecular formula is C29H25ClN6O6. The molecule has 5 N–H and O–H groups in total. The zero-order valence-electron chi connectivity index (χ0n) is 22.0. The molecule has 4 aromatic rings. The van der Waals surface area contributed by atoms with Crippen LogP contribution in [0.15, 0.2) is 91.6 Å². The molecule has 0 unspecified atom stereocenters. The monoisotopic (exact) mass is 588 g/mol. The van der Waals surface area contributed by atoms with Crippen LogP contribution >= 0.6 is 11.6 Å². The lowest BCUT2D eigenvalue weighted by molar-refractivity contribution is -0.111. The Morgan fingerprint density at radius 2 is 1.64 bits per heavy atom. The lowest BCUT2D eigenvalue weighted by atomic mass is 10.2. The fourth-order valence-electron chi connectivity index (χ4n) is 3.46. The first-order valence-corrected chi connectivity index (χ1v) is 12.8. The number of halogens is 1. The van der Waals surface area contributed by atoms with Crippen molar-refractivity contribution in [2.24, 2.45) is 0 Å². The number of amides is 3. The van der Waals surface area contributed by atoms with Gasteiger partial charge in [-0.15, -0.1) is 0 Å². The van der Waals surface area contributed by atoms with Crippen molar-refractivity contribution in [3.8, 4) is 17.4 Å². The fraction of sp³-hybridized carbons (Fsp3) is 0.0690. The van der Waals surface area contributed by atoms with Gasteiger partial charge in [0.05, 0.1) is 12.7 Å². The summed E-state index contributed by atoms with van der Waals surface area (Å²) < 4.78 is 11.4. The molecule has 0 fully saturated rings. The number of carbonyl (C=O) groups excluding carboxylic acids is 3. The number of ether oxygens (including phenoxy) is 2. The average Bonchev–Trinajstić information content (AvgIpc) is 3.01. The van der Waals surface area contributed by atoms with Gasteiger partial charge >= 0.3 is 0 Å². The van der Waals surface area contributed by atoms with E-state index in [0.29, 0.717) is 28.4 Å². The number of nitrogens with zero attached hydrogens (tertiary/aromatic N) is 2. The van der Waals surface area contributed by atoms with E-state index in [9.17, 15) is 14.4 Å². The second kappa shape index (κ2) is 14.3. The molecule has 0 bridgehead atoms. The number of hydrogen-bond acceptors (Lipinski definition) is 9. The van der Waals surface area contributed by atoms with Gasteiger partial charge in [-0.05, 0) is 66.7 Å². The topological polar surface area (TPSA) is 164 Å². The Hall–Kier alpha value is -5.46. The predicted molar refractivity (Wildman–Crippen MR) is 156 cm³/mol. The van der Waals surface area contributed by atoms with Crippen LogP contribution in [0, 0.1) is 0 Å². The van der Waals surface area contributed by atoms with E-state index in [0.717, 1.165) is 6.08 Å². The molecule has 214 valence electrons. The molecule has 3 amide bonds. The first-order chi connectivity index (χ1) is 20.3. The minimum atomic E-state index is -0.621. The highest BCUT2D eigenvalue weighted by atomic mass is 35.5. The van der Waals surface area contributed by atoms with Crippen molar-refractivity contribution < 1.29 is 29.1 Å². The maximum absolute atomic E-state index is 12.5. The Balaban J connectivity index is 1.29. The minimum Gasteiger partial charge on any atom is -0.492 e. The second-order valence-corrected chi connectivity index (χ2v) is 8.85. The van der Waals surface area contributed by atoms with Gasteiger partial charge in [0, 0.05) is 28.6 Å². The molecule has 1 aromatic heterocycles. The molecular weight excluding hydrogens is 564 g/mol. The van der Waals surface area contributed by atoms with Crippen LogP contribution in [0.2, 0.25) is 5.02 Å². The summed E-state index contributed by atoms with van der Waals surface area (Å²) in [5, 5.41) is 17.3. The Bertz CT molecular complexity index is 1580. The number of hydroxylamine groups is 1. The zero-order chi connectivity index (χ0) is 29.9. The van der Waals surface area contributed by atoms with Gasteiger partial charge in [0.1, 0.15) is 23.1 Å². The highest BCUT2D eigenvalue weighted by molar-refractivity contribution is 6.31. The molecule has 13 heteroatoms. The predicted octanol–water partition coefficient (Wildman–Crippen LogP) is 4.72. The standard InChI is InChI=1S/C29H25ClN6O6/c1-2-25(37)33-21-4-3-5-23(16-21)42-28-24(30)17-32-29(35-28)34-20-10-6-18(7-11-20)26(38)31-14-15-41-22-12-8-19(9-13-22)27(39)36-40/h2-13,16-17,40H,1,14-15H2,(H,31,38)(H,33,37)(H,36,39)(H,32,34,35). The SMILES string of the molecule is C=CC(=O)Nc1cccc(Oc2nc(Nc3ccc(C(=O)NCCOc4ccc(C(=O)NO)cc4)cc3)ncc2Cl)c1. The number of aromatic nitrogens is 2. The number of benzene rings is 3. The van der Waals surface area contributed by atoms with E-state index in [1.807, 2.05) is 0 Å². The Morgan fingerprint density at radius 1 is 0.929 bits per heavy atom. The lowest BCUT2D eigenvalue weighted by Gasteiger charge is -2.11. The number of rotatable bonds is 12. The molecule has 3 aromatic carbocycles. The maximum Gasteiger partial charge on any atom is 0.274 e. The molecule has 0 atom stereocenters. The molecule has 0 saturated heterocycles. The number of hydrogen-bond donors (Lipinski definition) is 5. The fourth-order valence-corrected chi connectivity index (χ4v) is 3.59. The first-order valence-electron chi connectivity index (χ1n) is 12.4. The third-order valence-corrected chi connectivity index (χ3v) is 5.75. The second-order valence-electron chi connectivity index (χ2n) is 8.44. The van der Waals surface area contributed by atoms with E-state index < -0.39 is 5.91 Å². The van der Waals surface area contributed by atoms with Crippen molar-refractivity contribution in [3.63, 3.8) is 0 Å². The largest absolute Gasteiger partial charge is 0.492 e. The number of carbonyl (C=O) groups is 3. The molecule has 0 aliphatic carbocycles. The van der Waals surface area contributed by atoms with Crippen LogP contribution in [0.5, 0.6) is 17.4 Å². The van der Waals surface area contributed by atoms with Gasteiger partial charge in [-0.1, -0.05) is 24.2 Å². The molecule has 42 heavy (non-hydrogen) atoms. The van der Waals surface area contributed by atoms with Crippen molar-refractivity contribution in [3.05, 3.63) is 108 Å². The van der Waals surface area contributed by atoms with Gasteiger partial charge in [-0.3, -0.25) is 19.6 Å². The van der Waals surface area contributed by atoms with Gasteiger partial charge in [-0.25, -0.2) is 10.5 Å². The maximum atomic E-state index is 12.5. The van der Waals surface area contributed by atoms with E-state index in [1.54, 1.807) is 66.1 Å². The zero-order valence-corrected chi connectivity index (χ0v) is 22.7. The van der Waals surface area contributed by atoms with Crippen LogP contribution in [-0.2, 0) is 4.79 Å². The average molecular weight is 589 g/mol. The van der Waals surface area contributed by atoms with Crippen LogP contribution in [0.3, 0.4) is 0 Å². The summed E-state index contributed by atoms with van der Waals surface area (Å²) in [6, 6.07) is 19.5. The molecule has 0 aliphatic rings. The van der Waals surface area contributed by atoms with Gasteiger partial charge in [0.25, 0.3) is 11.8 Å². The minimum absolute atomic E-state index is 0.103. The van der Waals surface area contributed by atoms with Crippen molar-refractivity contribution in [2.75, 3.05) is 23.8 Å².